The summed E-state index contributed by atoms with van der Waals surface area (Å²) < 4.78 is 6.17. The fourth-order valence-electron chi connectivity index (χ4n) is 4.11. The lowest BCUT2D eigenvalue weighted by Gasteiger charge is -2.32. The smallest absolute Gasteiger partial charge is 0.251 e. The van der Waals surface area contributed by atoms with Crippen molar-refractivity contribution in [2.24, 2.45) is 0 Å². The first-order valence-electron chi connectivity index (χ1n) is 10.8. The zero-order valence-electron chi connectivity index (χ0n) is 17.0. The number of hydrogen-bond acceptors (Lipinski definition) is 4. The van der Waals surface area contributed by atoms with E-state index in [9.17, 15) is 4.79 Å². The van der Waals surface area contributed by atoms with Crippen LogP contribution in [0.5, 0.6) is 5.75 Å². The first-order chi connectivity index (χ1) is 14.3. The molecule has 1 atom stereocenters. The van der Waals surface area contributed by atoms with Gasteiger partial charge in [0, 0.05) is 37.8 Å². The predicted octanol–water partition coefficient (Wildman–Crippen LogP) is 2.86. The molecule has 29 heavy (non-hydrogen) atoms. The Hall–Kier alpha value is -2.37. The van der Waals surface area contributed by atoms with Gasteiger partial charge in [0.15, 0.2) is 0 Å². The maximum absolute atomic E-state index is 12.3. The molecule has 0 aromatic heterocycles. The molecule has 2 heterocycles. The van der Waals surface area contributed by atoms with Crippen LogP contribution in [0.2, 0.25) is 0 Å². The summed E-state index contributed by atoms with van der Waals surface area (Å²) in [7, 11) is 0. The molecular formula is C24H31N3O2. The van der Waals surface area contributed by atoms with Gasteiger partial charge in [-0.1, -0.05) is 30.3 Å². The molecule has 2 aliphatic heterocycles. The van der Waals surface area contributed by atoms with Crippen molar-refractivity contribution < 1.29 is 9.53 Å². The SMILES string of the molecule is O=C(NC1CCNC1)c1ccc(OC2CCN(CCc3ccccc3)CC2)cc1. The number of carbonyl (C=O) groups excluding carboxylic acids is 1. The van der Waals surface area contributed by atoms with Crippen LogP contribution in [0.4, 0.5) is 0 Å². The molecule has 2 aromatic rings. The van der Waals surface area contributed by atoms with Gasteiger partial charge in [0.1, 0.15) is 11.9 Å². The predicted molar refractivity (Wildman–Crippen MR) is 115 cm³/mol. The Morgan fingerprint density at radius 3 is 2.48 bits per heavy atom. The minimum atomic E-state index is -0.00280. The van der Waals surface area contributed by atoms with E-state index in [4.69, 9.17) is 4.74 Å². The molecule has 0 spiro atoms. The number of piperidine rings is 1. The van der Waals surface area contributed by atoms with Crippen LogP contribution in [0.1, 0.15) is 35.2 Å². The third-order valence-electron chi connectivity index (χ3n) is 5.91. The van der Waals surface area contributed by atoms with E-state index in [2.05, 4.69) is 45.9 Å². The molecule has 2 aliphatic rings. The highest BCUT2D eigenvalue weighted by molar-refractivity contribution is 5.94. The molecule has 1 unspecified atom stereocenters. The lowest BCUT2D eigenvalue weighted by atomic mass is 10.1. The Morgan fingerprint density at radius 2 is 1.79 bits per heavy atom. The van der Waals surface area contributed by atoms with Gasteiger partial charge in [-0.2, -0.15) is 0 Å². The summed E-state index contributed by atoms with van der Waals surface area (Å²) in [6, 6.07) is 18.5. The van der Waals surface area contributed by atoms with Gasteiger partial charge in [-0.15, -0.1) is 0 Å². The average molecular weight is 394 g/mol. The lowest BCUT2D eigenvalue weighted by molar-refractivity contribution is 0.0939. The van der Waals surface area contributed by atoms with Gasteiger partial charge in [-0.05, 0) is 62.1 Å². The number of rotatable bonds is 7. The van der Waals surface area contributed by atoms with Crippen LogP contribution in [0.25, 0.3) is 0 Å². The molecule has 0 radical (unpaired) electrons. The summed E-state index contributed by atoms with van der Waals surface area (Å²) >= 11 is 0. The molecule has 5 nitrogen and oxygen atoms in total. The van der Waals surface area contributed by atoms with Crippen molar-refractivity contribution in [3.05, 3.63) is 65.7 Å². The van der Waals surface area contributed by atoms with Gasteiger partial charge in [0.25, 0.3) is 5.91 Å². The van der Waals surface area contributed by atoms with Gasteiger partial charge in [0.05, 0.1) is 0 Å². The second-order valence-corrected chi connectivity index (χ2v) is 8.08. The Bertz CT molecular complexity index is 764. The molecule has 2 saturated heterocycles. The van der Waals surface area contributed by atoms with Crippen LogP contribution in [0.15, 0.2) is 54.6 Å². The largest absolute Gasteiger partial charge is 0.490 e. The number of likely N-dealkylation sites (tertiary alicyclic amines) is 1. The van der Waals surface area contributed by atoms with E-state index in [-0.39, 0.29) is 18.1 Å². The Labute approximate surface area is 173 Å². The zero-order chi connectivity index (χ0) is 19.9. The van der Waals surface area contributed by atoms with Crippen molar-refractivity contribution in [1.29, 1.82) is 0 Å². The molecule has 0 bridgehead atoms. The summed E-state index contributed by atoms with van der Waals surface area (Å²) in [6.45, 7) is 5.09. The average Bonchev–Trinajstić information content (AvgIpc) is 3.27. The summed E-state index contributed by atoms with van der Waals surface area (Å²) in [5.74, 6) is 0.851. The number of amides is 1. The second kappa shape index (κ2) is 9.90. The monoisotopic (exact) mass is 393 g/mol. The van der Waals surface area contributed by atoms with Gasteiger partial charge in [-0.3, -0.25) is 4.79 Å². The Morgan fingerprint density at radius 1 is 1.03 bits per heavy atom. The Kier molecular flexibility index (Phi) is 6.80. The van der Waals surface area contributed by atoms with Crippen molar-refractivity contribution in [2.75, 3.05) is 32.7 Å². The van der Waals surface area contributed by atoms with E-state index in [0.717, 1.165) is 64.2 Å². The van der Waals surface area contributed by atoms with Crippen molar-refractivity contribution in [3.63, 3.8) is 0 Å². The van der Waals surface area contributed by atoms with Crippen molar-refractivity contribution in [1.82, 2.24) is 15.5 Å². The minimum Gasteiger partial charge on any atom is -0.490 e. The highest BCUT2D eigenvalue weighted by Crippen LogP contribution is 2.20. The minimum absolute atomic E-state index is 0.00280. The molecule has 2 aromatic carbocycles. The molecule has 0 saturated carbocycles. The molecule has 4 rings (SSSR count). The van der Waals surface area contributed by atoms with Crippen molar-refractivity contribution >= 4 is 5.91 Å². The fourth-order valence-corrected chi connectivity index (χ4v) is 4.11. The molecule has 2 N–H and O–H groups in total. The number of carbonyl (C=O) groups is 1. The standard InChI is InChI=1S/C24H31N3O2/c28-24(26-21-10-14-25-18-21)20-6-8-22(9-7-20)29-23-12-16-27(17-13-23)15-11-19-4-2-1-3-5-19/h1-9,21,23,25H,10-18H2,(H,26,28). The maximum Gasteiger partial charge on any atom is 0.251 e. The van der Waals surface area contributed by atoms with Gasteiger partial charge >= 0.3 is 0 Å². The van der Waals surface area contributed by atoms with E-state index in [0.29, 0.717) is 5.56 Å². The fraction of sp³-hybridized carbons (Fsp3) is 0.458. The first kappa shape index (κ1) is 19.9. The van der Waals surface area contributed by atoms with E-state index in [1.165, 1.54) is 5.56 Å². The first-order valence-corrected chi connectivity index (χ1v) is 10.8. The van der Waals surface area contributed by atoms with Crippen LogP contribution in [-0.4, -0.2) is 55.7 Å². The van der Waals surface area contributed by atoms with E-state index < -0.39 is 0 Å². The number of hydrogen-bond donors (Lipinski definition) is 2. The van der Waals surface area contributed by atoms with Crippen molar-refractivity contribution in [3.8, 4) is 5.75 Å². The number of ether oxygens (including phenoxy) is 1. The van der Waals surface area contributed by atoms with Crippen LogP contribution < -0.4 is 15.4 Å². The molecule has 0 aliphatic carbocycles. The third kappa shape index (κ3) is 5.81. The normalized spacial score (nSPS) is 20.5. The quantitative estimate of drug-likeness (QED) is 0.760. The van der Waals surface area contributed by atoms with Crippen molar-refractivity contribution in [2.45, 2.75) is 37.8 Å². The van der Waals surface area contributed by atoms with Crippen LogP contribution >= 0.6 is 0 Å². The Balaban J connectivity index is 1.19. The van der Waals surface area contributed by atoms with Crippen LogP contribution in [-0.2, 0) is 6.42 Å². The summed E-state index contributed by atoms with van der Waals surface area (Å²) in [5, 5.41) is 6.34. The van der Waals surface area contributed by atoms with Crippen LogP contribution in [0, 0.1) is 0 Å². The number of nitrogens with zero attached hydrogens (tertiary/aromatic N) is 1. The second-order valence-electron chi connectivity index (χ2n) is 8.08. The van der Waals surface area contributed by atoms with Gasteiger partial charge < -0.3 is 20.3 Å². The number of nitrogens with one attached hydrogen (secondary N) is 2. The highest BCUT2D eigenvalue weighted by atomic mass is 16.5. The van der Waals surface area contributed by atoms with E-state index in [1.54, 1.807) is 0 Å². The zero-order valence-corrected chi connectivity index (χ0v) is 17.0. The van der Waals surface area contributed by atoms with E-state index >= 15 is 0 Å². The topological polar surface area (TPSA) is 53.6 Å². The highest BCUT2D eigenvalue weighted by Gasteiger charge is 2.21. The van der Waals surface area contributed by atoms with E-state index in [1.807, 2.05) is 24.3 Å². The molecule has 5 heteroatoms. The van der Waals surface area contributed by atoms with Gasteiger partial charge in [-0.25, -0.2) is 0 Å². The maximum atomic E-state index is 12.3. The molecule has 154 valence electrons. The summed E-state index contributed by atoms with van der Waals surface area (Å²) in [4.78, 5) is 14.8. The summed E-state index contributed by atoms with van der Waals surface area (Å²) in [6.07, 6.45) is 4.45. The third-order valence-corrected chi connectivity index (χ3v) is 5.91. The summed E-state index contributed by atoms with van der Waals surface area (Å²) in [5.41, 5.74) is 2.10. The molecule has 2 fully saturated rings. The van der Waals surface area contributed by atoms with Crippen LogP contribution in [0.3, 0.4) is 0 Å². The number of benzene rings is 2. The lowest BCUT2D eigenvalue weighted by Crippen LogP contribution is -2.39. The molecule has 1 amide bonds. The molecular weight excluding hydrogens is 362 g/mol. The van der Waals surface area contributed by atoms with Gasteiger partial charge in [0.2, 0.25) is 0 Å².